The van der Waals surface area contributed by atoms with E-state index in [9.17, 15) is 9.59 Å². The Bertz CT molecular complexity index is 823. The molecule has 2 rings (SSSR count). The summed E-state index contributed by atoms with van der Waals surface area (Å²) in [7, 11) is 0. The van der Waals surface area contributed by atoms with E-state index in [4.69, 9.17) is 14.2 Å². The van der Waals surface area contributed by atoms with E-state index in [1.54, 1.807) is 12.1 Å². The Balaban J connectivity index is 1.91. The first kappa shape index (κ1) is 26.3. The smallest absolute Gasteiger partial charge is 0.410 e. The molecule has 0 radical (unpaired) electrons. The number of rotatable bonds is 12. The van der Waals surface area contributed by atoms with Crippen LogP contribution in [0, 0.1) is 5.92 Å². The lowest BCUT2D eigenvalue weighted by atomic mass is 10.1. The van der Waals surface area contributed by atoms with Crippen LogP contribution in [0.25, 0.3) is 0 Å². The van der Waals surface area contributed by atoms with E-state index in [1.807, 2.05) is 69.3 Å². The Kier molecular flexibility index (Phi) is 11.1. The predicted octanol–water partition coefficient (Wildman–Crippen LogP) is 5.35. The quantitative estimate of drug-likeness (QED) is 0.117. The lowest BCUT2D eigenvalue weighted by molar-refractivity contribution is -0.0716. The standard InChI is InChI=1S/C25H32INO5/c1-25(2,3)32-24(29)27(16-23(28)22-12-8-5-9-13-22)15-21(14-26)18-31-19-30-17-20-10-6-4-7-11-20/h4-13,21H,14-19H2,1-3H3. The fourth-order valence-electron chi connectivity index (χ4n) is 2.88. The molecule has 0 heterocycles. The zero-order valence-electron chi connectivity index (χ0n) is 19.0. The van der Waals surface area contributed by atoms with Crippen LogP contribution in [0.2, 0.25) is 0 Å². The van der Waals surface area contributed by atoms with Crippen LogP contribution in [0.4, 0.5) is 4.79 Å². The Hall–Kier alpha value is -1.97. The molecular weight excluding hydrogens is 521 g/mol. The Morgan fingerprint density at radius 2 is 1.59 bits per heavy atom. The Morgan fingerprint density at radius 3 is 2.19 bits per heavy atom. The van der Waals surface area contributed by atoms with Gasteiger partial charge in [0.2, 0.25) is 0 Å². The predicted molar refractivity (Wildman–Crippen MR) is 133 cm³/mol. The molecule has 1 atom stereocenters. The molecule has 2 aromatic carbocycles. The highest BCUT2D eigenvalue weighted by Gasteiger charge is 2.26. The summed E-state index contributed by atoms with van der Waals surface area (Å²) >= 11 is 2.27. The van der Waals surface area contributed by atoms with E-state index < -0.39 is 11.7 Å². The molecule has 1 amide bonds. The first-order valence-corrected chi connectivity index (χ1v) is 12.1. The monoisotopic (exact) mass is 553 g/mol. The van der Waals surface area contributed by atoms with Gasteiger partial charge in [-0.25, -0.2) is 4.79 Å². The third-order valence-corrected chi connectivity index (χ3v) is 5.66. The van der Waals surface area contributed by atoms with Crippen molar-refractivity contribution >= 4 is 34.5 Å². The summed E-state index contributed by atoms with van der Waals surface area (Å²) in [6.07, 6.45) is -0.503. The first-order chi connectivity index (χ1) is 15.3. The SMILES string of the molecule is CC(C)(C)OC(=O)N(CC(=O)c1ccccc1)CC(CI)COCOCc1ccccc1. The highest BCUT2D eigenvalue weighted by Crippen LogP contribution is 2.14. The molecule has 2 aromatic rings. The minimum atomic E-state index is -0.646. The van der Waals surface area contributed by atoms with Gasteiger partial charge in [-0.1, -0.05) is 83.3 Å². The number of hydrogen-bond donors (Lipinski definition) is 0. The maximum absolute atomic E-state index is 12.8. The van der Waals surface area contributed by atoms with E-state index in [1.165, 1.54) is 4.90 Å². The minimum Gasteiger partial charge on any atom is -0.444 e. The van der Waals surface area contributed by atoms with Gasteiger partial charge in [-0.05, 0) is 26.3 Å². The molecular formula is C25H32INO5. The van der Waals surface area contributed by atoms with Crippen molar-refractivity contribution in [3.63, 3.8) is 0 Å². The lowest BCUT2D eigenvalue weighted by Crippen LogP contribution is -2.43. The number of halogens is 1. The van der Waals surface area contributed by atoms with Crippen molar-refractivity contribution in [2.24, 2.45) is 5.92 Å². The maximum atomic E-state index is 12.8. The molecule has 0 aliphatic carbocycles. The molecule has 0 aliphatic rings. The molecule has 6 nitrogen and oxygen atoms in total. The number of ether oxygens (including phenoxy) is 3. The first-order valence-electron chi connectivity index (χ1n) is 10.6. The van der Waals surface area contributed by atoms with Crippen LogP contribution in [0.5, 0.6) is 0 Å². The summed E-state index contributed by atoms with van der Waals surface area (Å²) in [5.41, 5.74) is 1.00. The Labute approximate surface area is 204 Å². The minimum absolute atomic E-state index is 0.0343. The second kappa shape index (κ2) is 13.5. The van der Waals surface area contributed by atoms with Gasteiger partial charge in [0.15, 0.2) is 5.78 Å². The number of hydrogen-bond acceptors (Lipinski definition) is 5. The summed E-state index contributed by atoms with van der Waals surface area (Å²) in [6, 6.07) is 18.9. The lowest BCUT2D eigenvalue weighted by Gasteiger charge is -2.29. The Morgan fingerprint density at radius 1 is 0.969 bits per heavy atom. The zero-order valence-corrected chi connectivity index (χ0v) is 21.1. The van der Waals surface area contributed by atoms with Crippen molar-refractivity contribution < 1.29 is 23.8 Å². The van der Waals surface area contributed by atoms with Gasteiger partial charge in [0.1, 0.15) is 12.4 Å². The summed E-state index contributed by atoms with van der Waals surface area (Å²) in [5, 5.41) is 0. The van der Waals surface area contributed by atoms with Crippen molar-refractivity contribution in [1.29, 1.82) is 0 Å². The molecule has 0 spiro atoms. The number of carbonyl (C=O) groups excluding carboxylic acids is 2. The molecule has 0 aliphatic heterocycles. The maximum Gasteiger partial charge on any atom is 0.410 e. The molecule has 0 N–H and O–H groups in total. The van der Waals surface area contributed by atoms with Crippen LogP contribution in [0.1, 0.15) is 36.7 Å². The van der Waals surface area contributed by atoms with Gasteiger partial charge in [-0.15, -0.1) is 0 Å². The van der Waals surface area contributed by atoms with E-state index in [0.29, 0.717) is 25.3 Å². The van der Waals surface area contributed by atoms with E-state index in [-0.39, 0.29) is 25.0 Å². The number of benzene rings is 2. The third-order valence-electron chi connectivity index (χ3n) is 4.41. The fraction of sp³-hybridized carbons (Fsp3) is 0.440. The van der Waals surface area contributed by atoms with Gasteiger partial charge in [0.05, 0.1) is 19.8 Å². The average molecular weight is 553 g/mol. The van der Waals surface area contributed by atoms with E-state index in [0.717, 1.165) is 9.99 Å². The molecule has 1 unspecified atom stereocenters. The van der Waals surface area contributed by atoms with Crippen molar-refractivity contribution in [1.82, 2.24) is 4.90 Å². The molecule has 0 saturated heterocycles. The third kappa shape index (κ3) is 10.1. The summed E-state index contributed by atoms with van der Waals surface area (Å²) < 4.78 is 17.6. The van der Waals surface area contributed by atoms with Gasteiger partial charge in [0, 0.05) is 22.5 Å². The zero-order chi connectivity index (χ0) is 23.4. The van der Waals surface area contributed by atoms with Gasteiger partial charge in [-0.3, -0.25) is 4.79 Å². The second-order valence-corrected chi connectivity index (χ2v) is 9.37. The van der Waals surface area contributed by atoms with Crippen LogP contribution >= 0.6 is 22.6 Å². The van der Waals surface area contributed by atoms with Crippen LogP contribution < -0.4 is 0 Å². The number of alkyl halides is 1. The second-order valence-electron chi connectivity index (χ2n) is 8.49. The average Bonchev–Trinajstić information content (AvgIpc) is 2.77. The number of ketones is 1. The molecule has 0 saturated carbocycles. The van der Waals surface area contributed by atoms with Crippen molar-refractivity contribution in [2.75, 3.05) is 30.9 Å². The molecule has 0 bridgehead atoms. The van der Waals surface area contributed by atoms with Crippen LogP contribution in [-0.2, 0) is 20.8 Å². The molecule has 174 valence electrons. The normalized spacial score (nSPS) is 12.2. The van der Waals surface area contributed by atoms with Gasteiger partial charge < -0.3 is 19.1 Å². The number of Topliss-reactive ketones (excluding diaryl/α,β-unsaturated/α-hetero) is 1. The van der Waals surface area contributed by atoms with Crippen molar-refractivity contribution in [3.8, 4) is 0 Å². The highest BCUT2D eigenvalue weighted by atomic mass is 127. The number of nitrogens with zero attached hydrogens (tertiary/aromatic N) is 1. The molecule has 7 heteroatoms. The van der Waals surface area contributed by atoms with Crippen LogP contribution in [0.3, 0.4) is 0 Å². The van der Waals surface area contributed by atoms with Gasteiger partial charge in [-0.2, -0.15) is 0 Å². The number of amides is 1. The van der Waals surface area contributed by atoms with E-state index in [2.05, 4.69) is 22.6 Å². The highest BCUT2D eigenvalue weighted by molar-refractivity contribution is 14.1. The summed E-state index contributed by atoms with van der Waals surface area (Å²) in [4.78, 5) is 27.0. The van der Waals surface area contributed by atoms with Crippen molar-refractivity contribution in [2.45, 2.75) is 33.0 Å². The van der Waals surface area contributed by atoms with Crippen LogP contribution in [0.15, 0.2) is 60.7 Å². The number of carbonyl (C=O) groups is 2. The fourth-order valence-corrected chi connectivity index (χ4v) is 3.42. The van der Waals surface area contributed by atoms with E-state index >= 15 is 0 Å². The molecule has 0 fully saturated rings. The summed E-state index contributed by atoms with van der Waals surface area (Å²) in [6.45, 7) is 6.80. The van der Waals surface area contributed by atoms with Gasteiger partial charge >= 0.3 is 6.09 Å². The largest absolute Gasteiger partial charge is 0.444 e. The summed E-state index contributed by atoms with van der Waals surface area (Å²) in [5.74, 6) is -0.0946. The van der Waals surface area contributed by atoms with Gasteiger partial charge in [0.25, 0.3) is 0 Å². The molecule has 0 aromatic heterocycles. The molecule has 32 heavy (non-hydrogen) atoms. The topological polar surface area (TPSA) is 65.1 Å². The van der Waals surface area contributed by atoms with Crippen molar-refractivity contribution in [3.05, 3.63) is 71.8 Å². The van der Waals surface area contributed by atoms with Crippen LogP contribution in [-0.4, -0.2) is 53.3 Å².